The van der Waals surface area contributed by atoms with Crippen LogP contribution < -0.4 is 11.3 Å². The van der Waals surface area contributed by atoms with E-state index in [2.05, 4.69) is 31.2 Å². The zero-order valence-electron chi connectivity index (χ0n) is 12.6. The highest BCUT2D eigenvalue weighted by Crippen LogP contribution is 2.37. The Bertz CT molecular complexity index is 459. The average Bonchev–Trinajstić information content (AvgIpc) is 2.85. The molecule has 0 radical (unpaired) electrons. The number of amides is 1. The second-order valence-corrected chi connectivity index (χ2v) is 7.48. The van der Waals surface area contributed by atoms with Crippen molar-refractivity contribution in [3.8, 4) is 0 Å². The number of nitrogens with zero attached hydrogens (tertiary/aromatic N) is 1. The predicted octanol–water partition coefficient (Wildman–Crippen LogP) is 2.75. The molecule has 0 unspecified atom stereocenters. The molecule has 1 heterocycles. The molecular weight excluding hydrogens is 270 g/mol. The van der Waals surface area contributed by atoms with Crippen LogP contribution in [0.15, 0.2) is 11.4 Å². The lowest BCUT2D eigenvalue weighted by molar-refractivity contribution is 0.0953. The molecule has 0 saturated heterocycles. The van der Waals surface area contributed by atoms with Gasteiger partial charge in [-0.15, -0.1) is 11.3 Å². The zero-order chi connectivity index (χ0) is 14.8. The third-order valence-electron chi connectivity index (χ3n) is 4.44. The Labute approximate surface area is 125 Å². The molecular formula is C15H25N3OS. The minimum atomic E-state index is -0.187. The van der Waals surface area contributed by atoms with Crippen molar-refractivity contribution >= 4 is 17.2 Å². The molecule has 0 aromatic carbocycles. The molecule has 1 aromatic heterocycles. The molecule has 0 spiro atoms. The van der Waals surface area contributed by atoms with E-state index >= 15 is 0 Å². The van der Waals surface area contributed by atoms with Crippen LogP contribution in [-0.4, -0.2) is 23.9 Å². The number of thiophene rings is 1. The summed E-state index contributed by atoms with van der Waals surface area (Å²) in [6.45, 7) is 5.52. The fraction of sp³-hybridized carbons (Fsp3) is 0.667. The summed E-state index contributed by atoms with van der Waals surface area (Å²) in [5, 5.41) is 1.96. The number of hydrazine groups is 1. The highest BCUT2D eigenvalue weighted by Gasteiger charge is 2.29. The number of carbonyl (C=O) groups excluding carboxylic acids is 1. The molecule has 1 aliphatic carbocycles. The number of nitrogens with one attached hydrogen (secondary N) is 1. The number of hydrogen-bond acceptors (Lipinski definition) is 4. The summed E-state index contributed by atoms with van der Waals surface area (Å²) in [6.07, 6.45) is 5.04. The van der Waals surface area contributed by atoms with Crippen molar-refractivity contribution in [3.05, 3.63) is 21.9 Å². The lowest BCUT2D eigenvalue weighted by Crippen LogP contribution is -2.37. The molecule has 3 N–H and O–H groups in total. The predicted molar refractivity (Wildman–Crippen MR) is 83.5 cm³/mol. The molecule has 20 heavy (non-hydrogen) atoms. The first-order valence-electron chi connectivity index (χ1n) is 7.20. The minimum absolute atomic E-state index is 0.187. The van der Waals surface area contributed by atoms with Gasteiger partial charge in [-0.05, 0) is 55.2 Å². The van der Waals surface area contributed by atoms with Gasteiger partial charge in [0, 0.05) is 12.6 Å². The molecule has 1 amide bonds. The van der Waals surface area contributed by atoms with Crippen molar-refractivity contribution in [3.63, 3.8) is 0 Å². The van der Waals surface area contributed by atoms with Crippen molar-refractivity contribution in [1.82, 2.24) is 10.3 Å². The van der Waals surface area contributed by atoms with Gasteiger partial charge in [-0.2, -0.15) is 0 Å². The van der Waals surface area contributed by atoms with Crippen LogP contribution in [0.1, 0.15) is 54.8 Å². The molecule has 0 aliphatic heterocycles. The summed E-state index contributed by atoms with van der Waals surface area (Å²) < 4.78 is 0. The molecule has 5 heteroatoms. The van der Waals surface area contributed by atoms with Crippen molar-refractivity contribution in [1.29, 1.82) is 0 Å². The van der Waals surface area contributed by atoms with Crippen molar-refractivity contribution in [2.45, 2.75) is 52.1 Å². The summed E-state index contributed by atoms with van der Waals surface area (Å²) in [7, 11) is 2.16. The van der Waals surface area contributed by atoms with E-state index in [1.807, 2.05) is 11.4 Å². The second-order valence-electron chi connectivity index (χ2n) is 6.56. The highest BCUT2D eigenvalue weighted by atomic mass is 32.1. The summed E-state index contributed by atoms with van der Waals surface area (Å²) in [5.41, 5.74) is 3.79. The molecule has 1 fully saturated rings. The van der Waals surface area contributed by atoms with Crippen molar-refractivity contribution in [2.75, 3.05) is 7.05 Å². The van der Waals surface area contributed by atoms with Crippen LogP contribution in [0, 0.1) is 5.41 Å². The van der Waals surface area contributed by atoms with Crippen molar-refractivity contribution in [2.24, 2.45) is 11.3 Å². The second kappa shape index (κ2) is 6.24. The van der Waals surface area contributed by atoms with Crippen LogP contribution in [0.25, 0.3) is 0 Å². The standard InChI is InChI=1S/C15H25N3OS/c1-15(2)7-4-12(5-8-15)18(3)10-11-6-9-20-13(11)14(19)17-16/h6,9,12H,4-5,7-8,10,16H2,1-3H3,(H,17,19). The van der Waals surface area contributed by atoms with E-state index in [-0.39, 0.29) is 5.91 Å². The molecule has 1 saturated carbocycles. The first-order chi connectivity index (χ1) is 9.43. The summed E-state index contributed by atoms with van der Waals surface area (Å²) in [6, 6.07) is 2.65. The molecule has 4 nitrogen and oxygen atoms in total. The highest BCUT2D eigenvalue weighted by molar-refractivity contribution is 7.12. The lowest BCUT2D eigenvalue weighted by Gasteiger charge is -2.38. The Kier molecular flexibility index (Phi) is 4.83. The van der Waals surface area contributed by atoms with Gasteiger partial charge in [0.15, 0.2) is 0 Å². The van der Waals surface area contributed by atoms with Gasteiger partial charge in [0.25, 0.3) is 5.91 Å². The van der Waals surface area contributed by atoms with Crippen LogP contribution in [0.4, 0.5) is 0 Å². The van der Waals surface area contributed by atoms with Gasteiger partial charge in [-0.1, -0.05) is 13.8 Å². The molecule has 112 valence electrons. The van der Waals surface area contributed by atoms with E-state index in [4.69, 9.17) is 5.84 Å². The topological polar surface area (TPSA) is 58.4 Å². The van der Waals surface area contributed by atoms with Crippen LogP contribution in [0.2, 0.25) is 0 Å². The maximum absolute atomic E-state index is 11.7. The zero-order valence-corrected chi connectivity index (χ0v) is 13.4. The number of nitrogens with two attached hydrogens (primary N) is 1. The minimum Gasteiger partial charge on any atom is -0.299 e. The van der Waals surface area contributed by atoms with Crippen LogP contribution >= 0.6 is 11.3 Å². The van der Waals surface area contributed by atoms with E-state index in [0.717, 1.165) is 17.0 Å². The van der Waals surface area contributed by atoms with E-state index in [9.17, 15) is 4.79 Å². The Morgan fingerprint density at radius 3 is 2.75 bits per heavy atom. The number of nitrogen functional groups attached to an aromatic ring is 1. The summed E-state index contributed by atoms with van der Waals surface area (Å²) >= 11 is 1.45. The van der Waals surface area contributed by atoms with Gasteiger partial charge < -0.3 is 0 Å². The normalized spacial score (nSPS) is 19.2. The van der Waals surface area contributed by atoms with Crippen molar-refractivity contribution < 1.29 is 4.79 Å². The molecule has 0 atom stereocenters. The largest absolute Gasteiger partial charge is 0.299 e. The van der Waals surface area contributed by atoms with E-state index in [0.29, 0.717) is 11.5 Å². The maximum Gasteiger partial charge on any atom is 0.275 e. The number of hydrogen-bond donors (Lipinski definition) is 2. The molecule has 1 aliphatic rings. The number of rotatable bonds is 4. The third-order valence-corrected chi connectivity index (χ3v) is 5.39. The maximum atomic E-state index is 11.7. The average molecular weight is 295 g/mol. The van der Waals surface area contributed by atoms with Crippen LogP contribution in [0.3, 0.4) is 0 Å². The Balaban J connectivity index is 1.97. The SMILES string of the molecule is CN(Cc1ccsc1C(=O)NN)C1CCC(C)(C)CC1. The van der Waals surface area contributed by atoms with E-state index in [1.165, 1.54) is 37.0 Å². The fourth-order valence-electron chi connectivity index (χ4n) is 2.95. The fourth-order valence-corrected chi connectivity index (χ4v) is 3.77. The summed E-state index contributed by atoms with van der Waals surface area (Å²) in [5.74, 6) is 5.04. The quantitative estimate of drug-likeness (QED) is 0.510. The Morgan fingerprint density at radius 1 is 1.50 bits per heavy atom. The molecule has 2 rings (SSSR count). The van der Waals surface area contributed by atoms with Crippen LogP contribution in [-0.2, 0) is 6.54 Å². The molecule has 0 bridgehead atoms. The van der Waals surface area contributed by atoms with Gasteiger partial charge in [0.05, 0.1) is 4.88 Å². The lowest BCUT2D eigenvalue weighted by atomic mass is 9.75. The monoisotopic (exact) mass is 295 g/mol. The van der Waals surface area contributed by atoms with E-state index in [1.54, 1.807) is 0 Å². The Hall–Kier alpha value is -0.910. The van der Waals surface area contributed by atoms with E-state index < -0.39 is 0 Å². The van der Waals surface area contributed by atoms with Gasteiger partial charge in [0.1, 0.15) is 0 Å². The summed E-state index contributed by atoms with van der Waals surface area (Å²) in [4.78, 5) is 14.8. The smallest absolute Gasteiger partial charge is 0.275 e. The van der Waals surface area contributed by atoms with Gasteiger partial charge in [-0.25, -0.2) is 5.84 Å². The van der Waals surface area contributed by atoms with Crippen LogP contribution in [0.5, 0.6) is 0 Å². The first kappa shape index (κ1) is 15.5. The first-order valence-corrected chi connectivity index (χ1v) is 8.08. The molecule has 1 aromatic rings. The van der Waals surface area contributed by atoms with Gasteiger partial charge in [-0.3, -0.25) is 15.1 Å². The van der Waals surface area contributed by atoms with Gasteiger partial charge in [0.2, 0.25) is 0 Å². The number of carbonyl (C=O) groups is 1. The third kappa shape index (κ3) is 3.59. The van der Waals surface area contributed by atoms with Gasteiger partial charge >= 0.3 is 0 Å². The Morgan fingerprint density at radius 2 is 2.15 bits per heavy atom.